The molecule has 3 rings (SSSR count). The van der Waals surface area contributed by atoms with Crippen LogP contribution in [0, 0.1) is 0 Å². The maximum atomic E-state index is 4.43. The molecule has 1 aliphatic heterocycles. The summed E-state index contributed by atoms with van der Waals surface area (Å²) in [7, 11) is 2.13. The Kier molecular flexibility index (Phi) is 1.86. The van der Waals surface area contributed by atoms with Gasteiger partial charge in [0.1, 0.15) is 0 Å². The molecule has 0 N–H and O–H groups in total. The van der Waals surface area contributed by atoms with Crippen molar-refractivity contribution in [3.05, 3.63) is 47.8 Å². The van der Waals surface area contributed by atoms with E-state index in [-0.39, 0.29) is 0 Å². The standard InChI is InChI=1S/C12H13N3/c1-14-8-10-7-13-15(12(10)9-14)11-5-3-2-4-6-11/h2-7H,8-9H2,1H3. The lowest BCUT2D eigenvalue weighted by molar-refractivity contribution is 0.346. The Morgan fingerprint density at radius 1 is 1.13 bits per heavy atom. The Hall–Kier alpha value is -1.61. The number of nitrogens with zero attached hydrogens (tertiary/aromatic N) is 3. The minimum absolute atomic E-state index is 0.990. The van der Waals surface area contributed by atoms with Gasteiger partial charge in [-0.1, -0.05) is 18.2 Å². The molecule has 0 atom stereocenters. The molecule has 0 radical (unpaired) electrons. The van der Waals surface area contributed by atoms with E-state index in [2.05, 4.69) is 29.2 Å². The Morgan fingerprint density at radius 3 is 2.73 bits per heavy atom. The first-order valence-corrected chi connectivity index (χ1v) is 5.14. The van der Waals surface area contributed by atoms with E-state index in [0.29, 0.717) is 0 Å². The quantitative estimate of drug-likeness (QED) is 0.698. The SMILES string of the molecule is CN1Cc2cnn(-c3ccccc3)c2C1. The largest absolute Gasteiger partial charge is 0.296 e. The smallest absolute Gasteiger partial charge is 0.0649 e. The zero-order chi connectivity index (χ0) is 10.3. The Bertz CT molecular complexity index is 473. The van der Waals surface area contributed by atoms with E-state index in [0.717, 1.165) is 18.8 Å². The van der Waals surface area contributed by atoms with Gasteiger partial charge in [0.2, 0.25) is 0 Å². The van der Waals surface area contributed by atoms with Gasteiger partial charge in [-0.25, -0.2) is 4.68 Å². The highest BCUT2D eigenvalue weighted by molar-refractivity contribution is 5.36. The molecule has 2 heterocycles. The number of hydrogen-bond donors (Lipinski definition) is 0. The lowest BCUT2D eigenvalue weighted by Gasteiger charge is -2.08. The van der Waals surface area contributed by atoms with E-state index >= 15 is 0 Å². The van der Waals surface area contributed by atoms with Gasteiger partial charge in [-0.05, 0) is 19.2 Å². The van der Waals surface area contributed by atoms with Crippen molar-refractivity contribution in [3.8, 4) is 5.69 Å². The van der Waals surface area contributed by atoms with Crippen molar-refractivity contribution in [3.63, 3.8) is 0 Å². The molecule has 0 saturated carbocycles. The minimum atomic E-state index is 0.990. The summed E-state index contributed by atoms with van der Waals surface area (Å²) in [6.45, 7) is 2.01. The van der Waals surface area contributed by atoms with Crippen LogP contribution in [0.5, 0.6) is 0 Å². The molecule has 0 unspecified atom stereocenters. The number of fused-ring (bicyclic) bond motifs is 1. The van der Waals surface area contributed by atoms with Gasteiger partial charge in [-0.15, -0.1) is 0 Å². The second-order valence-corrected chi connectivity index (χ2v) is 4.04. The molecule has 1 aromatic heterocycles. The van der Waals surface area contributed by atoms with Crippen LogP contribution in [0.15, 0.2) is 36.5 Å². The molecule has 3 heteroatoms. The van der Waals surface area contributed by atoms with Gasteiger partial charge in [0, 0.05) is 18.7 Å². The molecule has 76 valence electrons. The van der Waals surface area contributed by atoms with E-state index < -0.39 is 0 Å². The van der Waals surface area contributed by atoms with Gasteiger partial charge in [0.15, 0.2) is 0 Å². The van der Waals surface area contributed by atoms with Crippen molar-refractivity contribution in [2.75, 3.05) is 7.05 Å². The maximum Gasteiger partial charge on any atom is 0.0649 e. The van der Waals surface area contributed by atoms with Crippen molar-refractivity contribution in [1.29, 1.82) is 0 Å². The molecule has 3 nitrogen and oxygen atoms in total. The molecule has 0 amide bonds. The van der Waals surface area contributed by atoms with Crippen molar-refractivity contribution in [2.24, 2.45) is 0 Å². The van der Waals surface area contributed by atoms with E-state index in [9.17, 15) is 0 Å². The van der Waals surface area contributed by atoms with Crippen molar-refractivity contribution in [2.45, 2.75) is 13.1 Å². The van der Waals surface area contributed by atoms with Gasteiger partial charge in [-0.3, -0.25) is 4.90 Å². The highest BCUT2D eigenvalue weighted by atomic mass is 15.3. The molecule has 2 aromatic rings. The first-order valence-electron chi connectivity index (χ1n) is 5.14. The molecular formula is C12H13N3. The molecule has 0 fully saturated rings. The maximum absolute atomic E-state index is 4.43. The lowest BCUT2D eigenvalue weighted by atomic mass is 10.3. The average molecular weight is 199 g/mol. The fourth-order valence-corrected chi connectivity index (χ4v) is 2.10. The zero-order valence-corrected chi connectivity index (χ0v) is 8.72. The van der Waals surface area contributed by atoms with Crippen LogP contribution in [-0.2, 0) is 13.1 Å². The third kappa shape index (κ3) is 1.36. The van der Waals surface area contributed by atoms with Crippen LogP contribution in [0.4, 0.5) is 0 Å². The summed E-state index contributed by atoms with van der Waals surface area (Å²) in [4.78, 5) is 2.30. The predicted molar refractivity (Wildman–Crippen MR) is 58.7 cm³/mol. The van der Waals surface area contributed by atoms with Crippen molar-refractivity contribution < 1.29 is 0 Å². The summed E-state index contributed by atoms with van der Waals surface area (Å²) < 4.78 is 2.04. The van der Waals surface area contributed by atoms with Crippen LogP contribution in [-0.4, -0.2) is 21.7 Å². The van der Waals surface area contributed by atoms with E-state index in [1.165, 1.54) is 11.3 Å². The molecule has 1 aromatic carbocycles. The van der Waals surface area contributed by atoms with Gasteiger partial charge in [0.25, 0.3) is 0 Å². The topological polar surface area (TPSA) is 21.1 Å². The van der Waals surface area contributed by atoms with Crippen LogP contribution in [0.1, 0.15) is 11.3 Å². The predicted octanol–water partition coefficient (Wildman–Crippen LogP) is 1.82. The van der Waals surface area contributed by atoms with Crippen molar-refractivity contribution >= 4 is 0 Å². The average Bonchev–Trinajstić information content (AvgIpc) is 2.77. The summed E-state index contributed by atoms with van der Waals surface area (Å²) in [6, 6.07) is 10.3. The van der Waals surface area contributed by atoms with Crippen LogP contribution < -0.4 is 0 Å². The highest BCUT2D eigenvalue weighted by Gasteiger charge is 2.20. The minimum Gasteiger partial charge on any atom is -0.296 e. The monoisotopic (exact) mass is 199 g/mol. The van der Waals surface area contributed by atoms with E-state index in [1.54, 1.807) is 0 Å². The fraction of sp³-hybridized carbons (Fsp3) is 0.250. The van der Waals surface area contributed by atoms with Gasteiger partial charge in [-0.2, -0.15) is 5.10 Å². The molecule has 0 bridgehead atoms. The van der Waals surface area contributed by atoms with Crippen LogP contribution >= 0.6 is 0 Å². The van der Waals surface area contributed by atoms with Gasteiger partial charge >= 0.3 is 0 Å². The Labute approximate surface area is 88.9 Å². The molecular weight excluding hydrogens is 186 g/mol. The number of hydrogen-bond acceptors (Lipinski definition) is 2. The summed E-state index contributed by atoms with van der Waals surface area (Å²) in [5.74, 6) is 0. The third-order valence-electron chi connectivity index (χ3n) is 2.82. The van der Waals surface area contributed by atoms with Crippen LogP contribution in [0.25, 0.3) is 5.69 Å². The third-order valence-corrected chi connectivity index (χ3v) is 2.82. The lowest BCUT2D eigenvalue weighted by Crippen LogP contribution is -2.11. The fourth-order valence-electron chi connectivity index (χ4n) is 2.10. The molecule has 0 spiro atoms. The normalized spacial score (nSPS) is 15.5. The second kappa shape index (κ2) is 3.21. The first kappa shape index (κ1) is 8.68. The first-order chi connectivity index (χ1) is 7.34. The molecule has 0 saturated heterocycles. The van der Waals surface area contributed by atoms with E-state index in [4.69, 9.17) is 0 Å². The van der Waals surface area contributed by atoms with Gasteiger partial charge < -0.3 is 0 Å². The van der Waals surface area contributed by atoms with E-state index in [1.807, 2.05) is 29.1 Å². The molecule has 15 heavy (non-hydrogen) atoms. The number of rotatable bonds is 1. The zero-order valence-electron chi connectivity index (χ0n) is 8.72. The Balaban J connectivity index is 2.08. The van der Waals surface area contributed by atoms with Gasteiger partial charge in [0.05, 0.1) is 17.6 Å². The van der Waals surface area contributed by atoms with Crippen molar-refractivity contribution in [1.82, 2.24) is 14.7 Å². The summed E-state index contributed by atoms with van der Waals surface area (Å²) in [6.07, 6.45) is 1.98. The summed E-state index contributed by atoms with van der Waals surface area (Å²) >= 11 is 0. The summed E-state index contributed by atoms with van der Waals surface area (Å²) in [5, 5.41) is 4.43. The summed E-state index contributed by atoms with van der Waals surface area (Å²) in [5.41, 5.74) is 3.82. The highest BCUT2D eigenvalue weighted by Crippen LogP contribution is 2.23. The Morgan fingerprint density at radius 2 is 1.93 bits per heavy atom. The molecule has 0 aliphatic carbocycles. The second-order valence-electron chi connectivity index (χ2n) is 4.04. The number of para-hydroxylation sites is 1. The number of aromatic nitrogens is 2. The van der Waals surface area contributed by atoms with Crippen LogP contribution in [0.2, 0.25) is 0 Å². The number of benzene rings is 1. The van der Waals surface area contributed by atoms with Crippen LogP contribution in [0.3, 0.4) is 0 Å². The molecule has 1 aliphatic rings.